The highest BCUT2D eigenvalue weighted by Gasteiger charge is 2.29. The molecular formula is C18H19BrN2O4. The quantitative estimate of drug-likeness (QED) is 0.762. The van der Waals surface area contributed by atoms with Crippen LogP contribution in [-0.2, 0) is 0 Å². The van der Waals surface area contributed by atoms with Crippen LogP contribution in [0.25, 0.3) is 0 Å². The lowest BCUT2D eigenvalue weighted by Crippen LogP contribution is -2.31. The molecule has 1 atom stereocenters. The second-order valence-corrected chi connectivity index (χ2v) is 6.53. The van der Waals surface area contributed by atoms with Crippen molar-refractivity contribution >= 4 is 21.8 Å². The minimum atomic E-state index is -0.0809. The number of hydrogen-bond donors (Lipinski definition) is 0. The summed E-state index contributed by atoms with van der Waals surface area (Å²) in [6.07, 6.45) is 2.36. The summed E-state index contributed by atoms with van der Waals surface area (Å²) in [4.78, 5) is 18.8. The second-order valence-electron chi connectivity index (χ2n) is 5.67. The predicted octanol–water partition coefficient (Wildman–Crippen LogP) is 3.15. The summed E-state index contributed by atoms with van der Waals surface area (Å²) in [5.41, 5.74) is 0.538. The standard InChI is InChI=1S/C18H19BrN2O4/c1-23-14-8-12(9-15(10-14)24-2)18(22)21-7-5-13(11-21)25-17-16(19)4-3-6-20-17/h3-4,6,8-10,13H,5,7,11H2,1-2H3. The normalized spacial score (nSPS) is 16.6. The Hall–Kier alpha value is -2.28. The number of nitrogens with zero attached hydrogens (tertiary/aromatic N) is 2. The first-order chi connectivity index (χ1) is 12.1. The highest BCUT2D eigenvalue weighted by molar-refractivity contribution is 9.10. The zero-order valence-corrected chi connectivity index (χ0v) is 15.7. The topological polar surface area (TPSA) is 60.9 Å². The lowest BCUT2D eigenvalue weighted by molar-refractivity contribution is 0.0770. The van der Waals surface area contributed by atoms with Crippen molar-refractivity contribution in [2.75, 3.05) is 27.3 Å². The molecule has 0 N–H and O–H groups in total. The molecule has 132 valence electrons. The number of likely N-dealkylation sites (tertiary alicyclic amines) is 1. The molecule has 1 fully saturated rings. The monoisotopic (exact) mass is 406 g/mol. The van der Waals surface area contributed by atoms with Gasteiger partial charge in [-0.25, -0.2) is 4.98 Å². The number of ether oxygens (including phenoxy) is 3. The summed E-state index contributed by atoms with van der Waals surface area (Å²) in [7, 11) is 3.13. The third-order valence-electron chi connectivity index (χ3n) is 4.03. The number of carbonyl (C=O) groups excluding carboxylic acids is 1. The van der Waals surface area contributed by atoms with Crippen LogP contribution in [-0.4, -0.2) is 49.2 Å². The largest absolute Gasteiger partial charge is 0.497 e. The molecule has 0 spiro atoms. The molecule has 1 unspecified atom stereocenters. The van der Waals surface area contributed by atoms with Crippen LogP contribution in [0.3, 0.4) is 0 Å². The summed E-state index contributed by atoms with van der Waals surface area (Å²) in [6, 6.07) is 8.88. The van der Waals surface area contributed by atoms with Crippen molar-refractivity contribution in [2.24, 2.45) is 0 Å². The number of aromatic nitrogens is 1. The third-order valence-corrected chi connectivity index (χ3v) is 4.64. The summed E-state index contributed by atoms with van der Waals surface area (Å²) < 4.78 is 17.2. The van der Waals surface area contributed by atoms with Gasteiger partial charge in [0.1, 0.15) is 17.6 Å². The predicted molar refractivity (Wildman–Crippen MR) is 96.4 cm³/mol. The number of methoxy groups -OCH3 is 2. The van der Waals surface area contributed by atoms with Crippen LogP contribution < -0.4 is 14.2 Å². The van der Waals surface area contributed by atoms with E-state index in [9.17, 15) is 4.79 Å². The van der Waals surface area contributed by atoms with E-state index in [1.807, 2.05) is 12.1 Å². The molecule has 1 aromatic carbocycles. The van der Waals surface area contributed by atoms with Crippen molar-refractivity contribution in [1.29, 1.82) is 0 Å². The second kappa shape index (κ2) is 7.74. The summed E-state index contributed by atoms with van der Waals surface area (Å²) in [5.74, 6) is 1.66. The minimum Gasteiger partial charge on any atom is -0.497 e. The lowest BCUT2D eigenvalue weighted by atomic mass is 10.1. The number of rotatable bonds is 5. The average Bonchev–Trinajstić information content (AvgIpc) is 3.11. The van der Waals surface area contributed by atoms with E-state index in [1.54, 1.807) is 43.5 Å². The van der Waals surface area contributed by atoms with Gasteiger partial charge in [-0.3, -0.25) is 4.79 Å². The van der Waals surface area contributed by atoms with Crippen LogP contribution in [0.5, 0.6) is 17.4 Å². The van der Waals surface area contributed by atoms with E-state index in [0.29, 0.717) is 36.0 Å². The first kappa shape index (κ1) is 17.5. The van der Waals surface area contributed by atoms with E-state index < -0.39 is 0 Å². The molecule has 0 saturated carbocycles. The van der Waals surface area contributed by atoms with E-state index in [4.69, 9.17) is 14.2 Å². The van der Waals surface area contributed by atoms with Gasteiger partial charge in [0, 0.05) is 30.8 Å². The molecule has 0 radical (unpaired) electrons. The fourth-order valence-electron chi connectivity index (χ4n) is 2.74. The third kappa shape index (κ3) is 4.04. The van der Waals surface area contributed by atoms with Crippen molar-refractivity contribution in [3.63, 3.8) is 0 Å². The highest BCUT2D eigenvalue weighted by atomic mass is 79.9. The SMILES string of the molecule is COc1cc(OC)cc(C(=O)N2CCC(Oc3ncccc3Br)C2)c1. The molecule has 3 rings (SSSR count). The molecule has 2 heterocycles. The van der Waals surface area contributed by atoms with Crippen LogP contribution in [0.4, 0.5) is 0 Å². The van der Waals surface area contributed by atoms with Crippen LogP contribution in [0, 0.1) is 0 Å². The van der Waals surface area contributed by atoms with Gasteiger partial charge in [-0.05, 0) is 40.2 Å². The molecule has 0 aliphatic carbocycles. The number of hydrogen-bond acceptors (Lipinski definition) is 5. The van der Waals surface area contributed by atoms with Gasteiger partial charge < -0.3 is 19.1 Å². The van der Waals surface area contributed by atoms with Gasteiger partial charge in [0.2, 0.25) is 5.88 Å². The van der Waals surface area contributed by atoms with Gasteiger partial charge >= 0.3 is 0 Å². The van der Waals surface area contributed by atoms with E-state index in [1.165, 1.54) is 0 Å². The van der Waals surface area contributed by atoms with Crippen LogP contribution in [0.2, 0.25) is 0 Å². The molecule has 25 heavy (non-hydrogen) atoms. The Morgan fingerprint density at radius 1 is 1.24 bits per heavy atom. The number of carbonyl (C=O) groups is 1. The molecule has 7 heteroatoms. The van der Waals surface area contributed by atoms with Crippen molar-refractivity contribution in [2.45, 2.75) is 12.5 Å². The van der Waals surface area contributed by atoms with Gasteiger partial charge in [-0.15, -0.1) is 0 Å². The van der Waals surface area contributed by atoms with Gasteiger partial charge in [-0.2, -0.15) is 0 Å². The van der Waals surface area contributed by atoms with Gasteiger partial charge in [0.25, 0.3) is 5.91 Å². The fourth-order valence-corrected chi connectivity index (χ4v) is 3.09. The molecule has 1 aliphatic rings. The van der Waals surface area contributed by atoms with Crippen molar-refractivity contribution in [3.05, 3.63) is 46.6 Å². The summed E-state index contributed by atoms with van der Waals surface area (Å²) in [6.45, 7) is 1.15. The molecule has 2 aromatic rings. The molecule has 1 aliphatic heterocycles. The maximum absolute atomic E-state index is 12.8. The number of benzene rings is 1. The zero-order chi connectivity index (χ0) is 17.8. The van der Waals surface area contributed by atoms with Gasteiger partial charge in [0.05, 0.1) is 25.2 Å². The first-order valence-corrected chi connectivity index (χ1v) is 8.69. The number of pyridine rings is 1. The van der Waals surface area contributed by atoms with Crippen LogP contribution in [0.1, 0.15) is 16.8 Å². The molecule has 1 amide bonds. The number of amides is 1. The van der Waals surface area contributed by atoms with E-state index in [-0.39, 0.29) is 12.0 Å². The maximum atomic E-state index is 12.8. The fraction of sp³-hybridized carbons (Fsp3) is 0.333. The van der Waals surface area contributed by atoms with Crippen molar-refractivity contribution < 1.29 is 19.0 Å². The Balaban J connectivity index is 1.69. The van der Waals surface area contributed by atoms with Crippen LogP contribution in [0.15, 0.2) is 41.0 Å². The Morgan fingerprint density at radius 3 is 2.60 bits per heavy atom. The lowest BCUT2D eigenvalue weighted by Gasteiger charge is -2.18. The zero-order valence-electron chi connectivity index (χ0n) is 14.1. The Bertz CT molecular complexity index is 746. The van der Waals surface area contributed by atoms with Gasteiger partial charge in [-0.1, -0.05) is 0 Å². The van der Waals surface area contributed by atoms with Crippen molar-refractivity contribution in [1.82, 2.24) is 9.88 Å². The maximum Gasteiger partial charge on any atom is 0.254 e. The summed E-state index contributed by atoms with van der Waals surface area (Å²) >= 11 is 3.42. The van der Waals surface area contributed by atoms with Crippen molar-refractivity contribution in [3.8, 4) is 17.4 Å². The first-order valence-electron chi connectivity index (χ1n) is 7.90. The van der Waals surface area contributed by atoms with E-state index in [0.717, 1.165) is 10.9 Å². The van der Waals surface area contributed by atoms with Gasteiger partial charge in [0.15, 0.2) is 0 Å². The Morgan fingerprint density at radius 2 is 1.96 bits per heavy atom. The number of halogens is 1. The molecule has 0 bridgehead atoms. The Labute approximate surface area is 154 Å². The van der Waals surface area contributed by atoms with E-state index >= 15 is 0 Å². The highest BCUT2D eigenvalue weighted by Crippen LogP contribution is 2.27. The van der Waals surface area contributed by atoms with Crippen LogP contribution >= 0.6 is 15.9 Å². The average molecular weight is 407 g/mol. The Kier molecular flexibility index (Phi) is 5.43. The molecule has 1 saturated heterocycles. The summed E-state index contributed by atoms with van der Waals surface area (Å²) in [5, 5.41) is 0. The smallest absolute Gasteiger partial charge is 0.254 e. The minimum absolute atomic E-state index is 0.0663. The molecule has 6 nitrogen and oxygen atoms in total. The molecule has 1 aromatic heterocycles. The van der Waals surface area contributed by atoms with E-state index in [2.05, 4.69) is 20.9 Å². The molecular weight excluding hydrogens is 388 g/mol.